The molecule has 5 aliphatic rings. The molecular weight excluding hydrogens is 344 g/mol. The van der Waals surface area contributed by atoms with E-state index in [1.54, 1.807) is 12.2 Å². The first-order valence-corrected chi connectivity index (χ1v) is 10.1. The summed E-state index contributed by atoms with van der Waals surface area (Å²) in [6.45, 7) is 5.51. The molecule has 4 aliphatic carbocycles. The molecule has 0 amide bonds. The highest BCUT2D eigenvalue weighted by Gasteiger charge is 2.81. The van der Waals surface area contributed by atoms with E-state index in [9.17, 15) is 19.8 Å². The maximum Gasteiger partial charge on any atom is 0.190 e. The summed E-state index contributed by atoms with van der Waals surface area (Å²) >= 11 is 0. The van der Waals surface area contributed by atoms with Crippen LogP contribution in [0.1, 0.15) is 46.5 Å². The Labute approximate surface area is 159 Å². The van der Waals surface area contributed by atoms with Gasteiger partial charge in [-0.2, -0.15) is 0 Å². The monoisotopic (exact) mass is 372 g/mol. The summed E-state index contributed by atoms with van der Waals surface area (Å²) in [6.07, 6.45) is 8.58. The normalized spacial score (nSPS) is 55.1. The third-order valence-corrected chi connectivity index (χ3v) is 9.08. The number of epoxide rings is 1. The first-order valence-electron chi connectivity index (χ1n) is 10.1. The van der Waals surface area contributed by atoms with Gasteiger partial charge in [0, 0.05) is 10.8 Å². The minimum Gasteiger partial charge on any atom is -0.388 e. The molecule has 0 aromatic rings. The lowest BCUT2D eigenvalue weighted by atomic mass is 9.46. The van der Waals surface area contributed by atoms with E-state index < -0.39 is 23.4 Å². The molecule has 0 aromatic carbocycles. The van der Waals surface area contributed by atoms with E-state index in [-0.39, 0.29) is 40.7 Å². The minimum atomic E-state index is -1.50. The van der Waals surface area contributed by atoms with Crippen LogP contribution in [0.25, 0.3) is 0 Å². The quantitative estimate of drug-likeness (QED) is 0.724. The summed E-state index contributed by atoms with van der Waals surface area (Å²) in [4.78, 5) is 24.5. The second-order valence-electron chi connectivity index (χ2n) is 9.86. The first-order chi connectivity index (χ1) is 12.6. The van der Waals surface area contributed by atoms with Crippen molar-refractivity contribution in [3.05, 3.63) is 23.8 Å². The van der Waals surface area contributed by atoms with Crippen LogP contribution in [-0.4, -0.2) is 45.7 Å². The van der Waals surface area contributed by atoms with Crippen molar-refractivity contribution in [2.24, 2.45) is 28.6 Å². The third-order valence-electron chi connectivity index (χ3n) is 9.08. The highest BCUT2D eigenvalue weighted by Crippen LogP contribution is 2.76. The number of aliphatic hydroxyl groups is 2. The largest absolute Gasteiger partial charge is 0.388 e. The summed E-state index contributed by atoms with van der Waals surface area (Å²) < 4.78 is 6.43. The minimum absolute atomic E-state index is 0.0291. The lowest BCUT2D eigenvalue weighted by Gasteiger charge is -2.55. The predicted molar refractivity (Wildman–Crippen MR) is 97.7 cm³/mol. The molecule has 0 aromatic heterocycles. The zero-order chi connectivity index (χ0) is 19.4. The van der Waals surface area contributed by atoms with Gasteiger partial charge in [0.2, 0.25) is 0 Å². The van der Waals surface area contributed by atoms with E-state index in [4.69, 9.17) is 4.74 Å². The Hall–Kier alpha value is -1.30. The highest BCUT2D eigenvalue weighted by atomic mass is 16.6. The number of ketones is 2. The van der Waals surface area contributed by atoms with Crippen LogP contribution < -0.4 is 0 Å². The molecule has 146 valence electrons. The van der Waals surface area contributed by atoms with Crippen molar-refractivity contribution in [1.82, 2.24) is 0 Å². The smallest absolute Gasteiger partial charge is 0.190 e. The molecule has 3 saturated carbocycles. The van der Waals surface area contributed by atoms with Gasteiger partial charge in [-0.3, -0.25) is 9.59 Å². The number of carbonyl (C=O) groups excluding carboxylic acids is 2. The number of hydrogen-bond acceptors (Lipinski definition) is 5. The third kappa shape index (κ3) is 1.73. The molecule has 2 unspecified atom stereocenters. The average molecular weight is 372 g/mol. The Morgan fingerprint density at radius 1 is 1.33 bits per heavy atom. The number of fused-ring (bicyclic) bond motifs is 3. The van der Waals surface area contributed by atoms with Crippen molar-refractivity contribution in [2.75, 3.05) is 6.61 Å². The Balaban J connectivity index is 1.60. The van der Waals surface area contributed by atoms with Crippen molar-refractivity contribution in [2.45, 2.75) is 63.8 Å². The van der Waals surface area contributed by atoms with Crippen LogP contribution in [0.2, 0.25) is 0 Å². The highest BCUT2D eigenvalue weighted by molar-refractivity contribution is 6.01. The molecular formula is C22H28O5. The Bertz CT molecular complexity index is 814. The maximum atomic E-state index is 12.6. The van der Waals surface area contributed by atoms with Gasteiger partial charge < -0.3 is 14.9 Å². The molecule has 4 fully saturated rings. The summed E-state index contributed by atoms with van der Waals surface area (Å²) in [5.41, 5.74) is -1.55. The Morgan fingerprint density at radius 3 is 2.78 bits per heavy atom. The van der Waals surface area contributed by atoms with Crippen molar-refractivity contribution >= 4 is 11.6 Å². The molecule has 1 spiro atoms. The number of aliphatic hydroxyl groups excluding tert-OH is 1. The fourth-order valence-corrected chi connectivity index (χ4v) is 7.70. The van der Waals surface area contributed by atoms with Crippen LogP contribution in [0.3, 0.4) is 0 Å². The van der Waals surface area contributed by atoms with Gasteiger partial charge in [-0.1, -0.05) is 25.5 Å². The van der Waals surface area contributed by atoms with Gasteiger partial charge in [-0.05, 0) is 62.5 Å². The van der Waals surface area contributed by atoms with Gasteiger partial charge in [0.25, 0.3) is 0 Å². The second kappa shape index (κ2) is 5.00. The van der Waals surface area contributed by atoms with Crippen molar-refractivity contribution < 1.29 is 24.5 Å². The Morgan fingerprint density at radius 2 is 2.07 bits per heavy atom. The SMILES string of the molecule is C[C@@H]1CC2C3CCC4=CC(=O)C=C[C@@]4(C)[C@]34O[C@@H]4C[C@@]2(C)[C@]1(O)C(=O)CO. The zero-order valence-corrected chi connectivity index (χ0v) is 16.2. The van der Waals surface area contributed by atoms with Gasteiger partial charge in [0.05, 0.1) is 6.10 Å². The maximum absolute atomic E-state index is 12.6. The van der Waals surface area contributed by atoms with Crippen LogP contribution >= 0.6 is 0 Å². The van der Waals surface area contributed by atoms with Gasteiger partial charge in [0.1, 0.15) is 17.8 Å². The molecule has 1 saturated heterocycles. The second-order valence-corrected chi connectivity index (χ2v) is 9.86. The van der Waals surface area contributed by atoms with Gasteiger partial charge in [-0.25, -0.2) is 0 Å². The fraction of sp³-hybridized carbons (Fsp3) is 0.727. The predicted octanol–water partition coefficient (Wildman–Crippen LogP) is 1.96. The van der Waals surface area contributed by atoms with Gasteiger partial charge in [-0.15, -0.1) is 0 Å². The van der Waals surface area contributed by atoms with E-state index in [1.807, 2.05) is 19.9 Å². The Kier molecular flexibility index (Phi) is 3.29. The number of allylic oxidation sites excluding steroid dienone is 2. The number of rotatable bonds is 2. The summed E-state index contributed by atoms with van der Waals surface area (Å²) in [6, 6.07) is 0. The van der Waals surface area contributed by atoms with Crippen LogP contribution in [-0.2, 0) is 14.3 Å². The molecule has 1 aliphatic heterocycles. The lowest BCUT2D eigenvalue weighted by Crippen LogP contribution is -2.62. The standard InChI is InChI=1S/C22H28O5/c1-12-8-16-15-5-4-13-9-14(24)6-7-19(13,2)22(15)18(27-22)10-20(16,3)21(12,26)17(25)11-23/h6-7,9,12,15-16,18,23,26H,4-5,8,10-11H2,1-3H3/t12-,15?,16?,18-,19-,20-,21-,22+/m1/s1. The van der Waals surface area contributed by atoms with Gasteiger partial charge in [0.15, 0.2) is 11.6 Å². The zero-order valence-electron chi connectivity index (χ0n) is 16.2. The van der Waals surface area contributed by atoms with Crippen LogP contribution in [0.15, 0.2) is 23.8 Å². The van der Waals surface area contributed by atoms with Crippen LogP contribution in [0, 0.1) is 28.6 Å². The molecule has 0 bridgehead atoms. The molecule has 5 rings (SSSR count). The molecule has 0 radical (unpaired) electrons. The number of hydrogen-bond donors (Lipinski definition) is 2. The van der Waals surface area contributed by atoms with Crippen molar-refractivity contribution in [3.8, 4) is 0 Å². The molecule has 5 nitrogen and oxygen atoms in total. The number of ether oxygens (including phenoxy) is 1. The molecule has 1 heterocycles. The molecule has 2 N–H and O–H groups in total. The molecule has 5 heteroatoms. The van der Waals surface area contributed by atoms with Crippen LogP contribution in [0.5, 0.6) is 0 Å². The fourth-order valence-electron chi connectivity index (χ4n) is 7.70. The summed E-state index contributed by atoms with van der Waals surface area (Å²) in [7, 11) is 0. The lowest BCUT2D eigenvalue weighted by molar-refractivity contribution is -0.165. The average Bonchev–Trinajstić information content (AvgIpc) is 3.31. The van der Waals surface area contributed by atoms with E-state index >= 15 is 0 Å². The van der Waals surface area contributed by atoms with E-state index in [0.717, 1.165) is 24.8 Å². The summed E-state index contributed by atoms with van der Waals surface area (Å²) in [5, 5.41) is 21.0. The number of Topliss-reactive ketones (excluding diaryl/α,β-unsaturated/α-hetero) is 1. The van der Waals surface area contributed by atoms with E-state index in [0.29, 0.717) is 6.42 Å². The van der Waals surface area contributed by atoms with Crippen molar-refractivity contribution in [1.29, 1.82) is 0 Å². The number of carbonyl (C=O) groups is 2. The topological polar surface area (TPSA) is 87.1 Å². The van der Waals surface area contributed by atoms with Crippen molar-refractivity contribution in [3.63, 3.8) is 0 Å². The molecule has 27 heavy (non-hydrogen) atoms. The van der Waals surface area contributed by atoms with Gasteiger partial charge >= 0.3 is 0 Å². The molecule has 8 atom stereocenters. The van der Waals surface area contributed by atoms with E-state index in [1.165, 1.54) is 0 Å². The summed E-state index contributed by atoms with van der Waals surface area (Å²) in [5.74, 6) is -0.193. The van der Waals surface area contributed by atoms with Crippen LogP contribution in [0.4, 0.5) is 0 Å². The first kappa shape index (κ1) is 17.8. The van der Waals surface area contributed by atoms with E-state index in [2.05, 4.69) is 6.92 Å².